The van der Waals surface area contributed by atoms with E-state index in [4.69, 9.17) is 9.47 Å². The van der Waals surface area contributed by atoms with Crippen molar-refractivity contribution in [2.45, 2.75) is 13.0 Å². The number of aryl methyl sites for hydroxylation is 1. The van der Waals surface area contributed by atoms with Crippen molar-refractivity contribution in [2.75, 3.05) is 44.3 Å². The number of carbonyl (C=O) groups excluding carboxylic acids is 1. The fraction of sp³-hybridized carbons (Fsp3) is 0.421. The largest absolute Gasteiger partial charge is 0.441 e. The van der Waals surface area contributed by atoms with Gasteiger partial charge in [-0.25, -0.2) is 14.8 Å². The molecule has 2 aliphatic rings. The Balaban J connectivity index is 1.33. The first-order valence-corrected chi connectivity index (χ1v) is 10.2. The number of thiazole rings is 1. The lowest BCUT2D eigenvalue weighted by molar-refractivity contribution is -0.104. The summed E-state index contributed by atoms with van der Waals surface area (Å²) in [5, 5.41) is 1.09. The Bertz CT molecular complexity index is 1000. The molecule has 0 spiro atoms. The van der Waals surface area contributed by atoms with Gasteiger partial charge in [-0.15, -0.1) is 11.3 Å². The molecule has 0 atom stereocenters. The van der Waals surface area contributed by atoms with Crippen LogP contribution in [-0.4, -0.2) is 71.4 Å². The molecule has 0 unspecified atom stereocenters. The lowest BCUT2D eigenvalue weighted by Gasteiger charge is -2.37. The van der Waals surface area contributed by atoms with E-state index in [1.165, 1.54) is 0 Å². The summed E-state index contributed by atoms with van der Waals surface area (Å²) in [4.78, 5) is 29.7. The fourth-order valence-corrected chi connectivity index (χ4v) is 4.38. The van der Waals surface area contributed by atoms with Crippen LogP contribution in [-0.2, 0) is 9.47 Å². The van der Waals surface area contributed by atoms with Crippen molar-refractivity contribution in [3.63, 3.8) is 0 Å². The summed E-state index contributed by atoms with van der Waals surface area (Å²) >= 11 is 1.62. The van der Waals surface area contributed by atoms with Gasteiger partial charge in [0.2, 0.25) is 0 Å². The van der Waals surface area contributed by atoms with Crippen LogP contribution in [0.4, 0.5) is 10.5 Å². The molecule has 5 heterocycles. The Labute approximate surface area is 166 Å². The Morgan fingerprint density at radius 1 is 1.29 bits per heavy atom. The Kier molecular flexibility index (Phi) is 4.40. The summed E-state index contributed by atoms with van der Waals surface area (Å²) in [6, 6.07) is 4.19. The van der Waals surface area contributed by atoms with Gasteiger partial charge < -0.3 is 24.3 Å². The van der Waals surface area contributed by atoms with E-state index in [9.17, 15) is 4.79 Å². The summed E-state index contributed by atoms with van der Waals surface area (Å²) < 4.78 is 10.5. The lowest BCUT2D eigenvalue weighted by Crippen LogP contribution is -2.51. The standard InChI is InChI=1S/C19H21N5O3S/c1-12-17(28-11-21-12)15-8-14-16(2-3-20-18(14)22-15)23-4-6-24(7-5-23)19(25)27-13-9-26-10-13/h2-3,8,11,13H,4-7,9-10H2,1H3,(H,20,22). The maximum absolute atomic E-state index is 12.2. The van der Waals surface area contributed by atoms with Crippen LogP contribution in [0.2, 0.25) is 0 Å². The highest BCUT2D eigenvalue weighted by Gasteiger charge is 2.28. The second-order valence-electron chi connectivity index (χ2n) is 7.06. The number of hydrogen-bond donors (Lipinski definition) is 1. The molecule has 2 saturated heterocycles. The number of hydrogen-bond acceptors (Lipinski definition) is 7. The highest BCUT2D eigenvalue weighted by atomic mass is 32.1. The molecule has 1 amide bonds. The van der Waals surface area contributed by atoms with Gasteiger partial charge in [-0.3, -0.25) is 0 Å². The number of piperazine rings is 1. The van der Waals surface area contributed by atoms with Crippen molar-refractivity contribution in [2.24, 2.45) is 0 Å². The number of H-pyrrole nitrogens is 1. The van der Waals surface area contributed by atoms with Crippen LogP contribution in [0.1, 0.15) is 5.69 Å². The second kappa shape index (κ2) is 7.06. The maximum atomic E-state index is 12.2. The highest BCUT2D eigenvalue weighted by molar-refractivity contribution is 7.13. The van der Waals surface area contributed by atoms with Gasteiger partial charge in [0.1, 0.15) is 5.65 Å². The Hall–Kier alpha value is -2.65. The summed E-state index contributed by atoms with van der Waals surface area (Å²) in [6.45, 7) is 5.83. The zero-order chi connectivity index (χ0) is 19.1. The highest BCUT2D eigenvalue weighted by Crippen LogP contribution is 2.33. The molecule has 1 N–H and O–H groups in total. The number of nitrogens with one attached hydrogen (secondary N) is 1. The van der Waals surface area contributed by atoms with Crippen molar-refractivity contribution in [1.29, 1.82) is 0 Å². The predicted octanol–water partition coefficient (Wildman–Crippen LogP) is 2.65. The monoisotopic (exact) mass is 399 g/mol. The smallest absolute Gasteiger partial charge is 0.410 e. The number of fused-ring (bicyclic) bond motifs is 1. The molecule has 146 valence electrons. The quantitative estimate of drug-likeness (QED) is 0.729. The minimum atomic E-state index is -0.238. The van der Waals surface area contributed by atoms with Gasteiger partial charge in [-0.2, -0.15) is 0 Å². The van der Waals surface area contributed by atoms with Crippen LogP contribution in [0.3, 0.4) is 0 Å². The molecule has 9 heteroatoms. The third-order valence-electron chi connectivity index (χ3n) is 5.25. The van der Waals surface area contributed by atoms with Gasteiger partial charge in [0.05, 0.1) is 35.0 Å². The minimum absolute atomic E-state index is 0.0844. The van der Waals surface area contributed by atoms with Crippen LogP contribution in [0.25, 0.3) is 21.6 Å². The zero-order valence-electron chi connectivity index (χ0n) is 15.6. The molecule has 0 aromatic carbocycles. The van der Waals surface area contributed by atoms with Crippen LogP contribution in [0.5, 0.6) is 0 Å². The number of nitrogens with zero attached hydrogens (tertiary/aromatic N) is 4. The van der Waals surface area contributed by atoms with Crippen molar-refractivity contribution < 1.29 is 14.3 Å². The molecule has 8 nitrogen and oxygen atoms in total. The van der Waals surface area contributed by atoms with E-state index < -0.39 is 0 Å². The average molecular weight is 399 g/mol. The second-order valence-corrected chi connectivity index (χ2v) is 7.91. The van der Waals surface area contributed by atoms with E-state index in [1.54, 1.807) is 16.2 Å². The number of amides is 1. The van der Waals surface area contributed by atoms with E-state index in [0.29, 0.717) is 26.3 Å². The molecule has 2 aliphatic heterocycles. The van der Waals surface area contributed by atoms with E-state index >= 15 is 0 Å². The van der Waals surface area contributed by atoms with Gasteiger partial charge in [-0.05, 0) is 19.1 Å². The first kappa shape index (κ1) is 17.4. The topological polar surface area (TPSA) is 83.6 Å². The summed E-state index contributed by atoms with van der Waals surface area (Å²) in [6.07, 6.45) is 1.51. The van der Waals surface area contributed by atoms with Gasteiger partial charge in [0.25, 0.3) is 0 Å². The van der Waals surface area contributed by atoms with E-state index in [0.717, 1.165) is 46.1 Å². The number of anilines is 1. The van der Waals surface area contributed by atoms with Crippen molar-refractivity contribution in [3.8, 4) is 10.6 Å². The zero-order valence-corrected chi connectivity index (χ0v) is 16.4. The van der Waals surface area contributed by atoms with Gasteiger partial charge in [-0.1, -0.05) is 0 Å². The minimum Gasteiger partial charge on any atom is -0.441 e. The molecule has 3 aromatic rings. The molecule has 0 radical (unpaired) electrons. The first-order chi connectivity index (χ1) is 13.7. The Morgan fingerprint density at radius 2 is 2.11 bits per heavy atom. The number of aromatic nitrogens is 3. The van der Waals surface area contributed by atoms with E-state index in [2.05, 4.69) is 25.9 Å². The Morgan fingerprint density at radius 3 is 2.79 bits per heavy atom. The molecule has 0 bridgehead atoms. The van der Waals surface area contributed by atoms with Crippen LogP contribution < -0.4 is 4.90 Å². The summed E-state index contributed by atoms with van der Waals surface area (Å²) in [5.74, 6) is 0. The van der Waals surface area contributed by atoms with Crippen molar-refractivity contribution in [1.82, 2.24) is 19.9 Å². The van der Waals surface area contributed by atoms with Crippen LogP contribution >= 0.6 is 11.3 Å². The molecular weight excluding hydrogens is 378 g/mol. The first-order valence-electron chi connectivity index (χ1n) is 9.35. The van der Waals surface area contributed by atoms with Crippen molar-refractivity contribution >= 4 is 34.2 Å². The maximum Gasteiger partial charge on any atom is 0.410 e. The third kappa shape index (κ3) is 3.10. The van der Waals surface area contributed by atoms with Gasteiger partial charge in [0.15, 0.2) is 6.10 Å². The number of pyridine rings is 1. The predicted molar refractivity (Wildman–Crippen MR) is 107 cm³/mol. The average Bonchev–Trinajstić information content (AvgIpc) is 3.30. The SMILES string of the molecule is Cc1ncsc1-c1cc2c(N3CCN(C(=O)OC4COC4)CC3)ccnc2[nH]1. The number of rotatable bonds is 3. The lowest BCUT2D eigenvalue weighted by atomic mass is 10.2. The van der Waals surface area contributed by atoms with Gasteiger partial charge >= 0.3 is 6.09 Å². The van der Waals surface area contributed by atoms with Crippen molar-refractivity contribution in [3.05, 3.63) is 29.5 Å². The molecule has 0 saturated carbocycles. The number of carbonyl (C=O) groups is 1. The number of aromatic amines is 1. The van der Waals surface area contributed by atoms with Crippen LogP contribution in [0, 0.1) is 6.92 Å². The normalized spacial score (nSPS) is 17.8. The van der Waals surface area contributed by atoms with Crippen LogP contribution in [0.15, 0.2) is 23.8 Å². The molecule has 0 aliphatic carbocycles. The molecular formula is C19H21N5O3S. The van der Waals surface area contributed by atoms with Gasteiger partial charge in [0, 0.05) is 43.4 Å². The van der Waals surface area contributed by atoms with E-state index in [-0.39, 0.29) is 12.2 Å². The fourth-order valence-electron chi connectivity index (χ4n) is 3.60. The molecule has 5 rings (SSSR count). The summed E-state index contributed by atoms with van der Waals surface area (Å²) in [5.41, 5.74) is 5.92. The molecule has 2 fully saturated rings. The molecule has 28 heavy (non-hydrogen) atoms. The third-order valence-corrected chi connectivity index (χ3v) is 6.21. The number of ether oxygens (including phenoxy) is 2. The van der Waals surface area contributed by atoms with E-state index in [1.807, 2.05) is 24.7 Å². The molecule has 3 aromatic heterocycles. The summed E-state index contributed by atoms with van der Waals surface area (Å²) in [7, 11) is 0.